The van der Waals surface area contributed by atoms with Gasteiger partial charge in [0, 0.05) is 39.3 Å². The Hall–Kier alpha value is 2.38. The SMILES string of the molecule is C[Si](C)(C)O[Si](C)(C)O[Si](C)(O[Si](C)(C)O[Si](C)(C)C)O[Si](C)(C)O[Si](C)(C)C.[Y]. The third-order valence-corrected chi connectivity index (χ3v) is 26.5. The van der Waals surface area contributed by atoms with Crippen LogP contribution in [0.25, 0.3) is 0 Å². The van der Waals surface area contributed by atoms with Crippen LogP contribution in [0.3, 0.4) is 0 Å². The Bertz CT molecular complexity index is 468. The Balaban J connectivity index is 0. The van der Waals surface area contributed by atoms with Crippen molar-refractivity contribution >= 4 is 59.4 Å². The molecular formula is C16H48O6Si7Y. The van der Waals surface area contributed by atoms with Gasteiger partial charge in [-0.2, -0.15) is 0 Å². The van der Waals surface area contributed by atoms with Crippen LogP contribution in [-0.2, 0) is 57.4 Å². The Labute approximate surface area is 219 Å². The van der Waals surface area contributed by atoms with Gasteiger partial charge >= 0.3 is 34.5 Å². The maximum absolute atomic E-state index is 6.69. The van der Waals surface area contributed by atoms with E-state index in [0.29, 0.717) is 0 Å². The quantitative estimate of drug-likeness (QED) is 0.240. The van der Waals surface area contributed by atoms with E-state index in [4.69, 9.17) is 24.7 Å². The first-order chi connectivity index (χ1) is 12.2. The smallest absolute Gasteiger partial charge is 0.437 e. The van der Waals surface area contributed by atoms with Crippen LogP contribution in [0.4, 0.5) is 0 Å². The fraction of sp³-hybridized carbons (Fsp3) is 1.00. The maximum atomic E-state index is 6.69. The molecule has 0 saturated carbocycles. The fourth-order valence-electron chi connectivity index (χ4n) is 3.68. The standard InChI is InChI=1S/C16H48O6Si7.Y/c1-23(2,3)17-26(10,11)20-29(16,21-27(12,13)18-24(4,5)6)22-28(14,15)19-25(7,8)9;/h1-16H3;. The predicted octanol–water partition coefficient (Wildman–Crippen LogP) is 6.26. The van der Waals surface area contributed by atoms with Gasteiger partial charge < -0.3 is 24.7 Å². The number of rotatable bonds is 12. The van der Waals surface area contributed by atoms with Crippen LogP contribution in [0.1, 0.15) is 0 Å². The number of hydrogen-bond acceptors (Lipinski definition) is 6. The Morgan fingerprint density at radius 1 is 0.300 bits per heavy atom. The second kappa shape index (κ2) is 11.4. The maximum Gasteiger partial charge on any atom is 0.470 e. The fourth-order valence-corrected chi connectivity index (χ4v) is 35.3. The third-order valence-electron chi connectivity index (χ3n) is 2.95. The Morgan fingerprint density at radius 3 is 0.600 bits per heavy atom. The van der Waals surface area contributed by atoms with E-state index in [1.54, 1.807) is 0 Å². The minimum absolute atomic E-state index is 0. The van der Waals surface area contributed by atoms with Gasteiger partial charge in [0.15, 0.2) is 25.0 Å². The Kier molecular flexibility index (Phi) is 13.1. The van der Waals surface area contributed by atoms with Crippen LogP contribution in [-0.4, -0.2) is 59.4 Å². The molecule has 0 aliphatic rings. The average Bonchev–Trinajstić information content (AvgIpc) is 2.10. The van der Waals surface area contributed by atoms with Gasteiger partial charge in [-0.3, -0.25) is 0 Å². The van der Waals surface area contributed by atoms with Crippen molar-refractivity contribution in [1.82, 2.24) is 0 Å². The zero-order valence-corrected chi connectivity index (χ0v) is 32.4. The molecule has 0 saturated heterocycles. The molecule has 0 rings (SSSR count). The summed E-state index contributed by atoms with van der Waals surface area (Å²) < 4.78 is 39.4. The second-order valence-electron chi connectivity index (χ2n) is 12.0. The van der Waals surface area contributed by atoms with Gasteiger partial charge in [-0.25, -0.2) is 0 Å². The molecule has 0 spiro atoms. The first-order valence-corrected chi connectivity index (χ1v) is 31.3. The average molecular weight is 622 g/mol. The minimum atomic E-state index is -3.08. The van der Waals surface area contributed by atoms with E-state index in [1.165, 1.54) is 0 Å². The van der Waals surface area contributed by atoms with E-state index in [2.05, 4.69) is 98.2 Å². The normalized spacial score (nSPS) is 15.2. The van der Waals surface area contributed by atoms with Crippen molar-refractivity contribution in [3.05, 3.63) is 0 Å². The van der Waals surface area contributed by atoms with E-state index in [-0.39, 0.29) is 32.7 Å². The molecular weight excluding hydrogens is 574 g/mol. The van der Waals surface area contributed by atoms with Crippen molar-refractivity contribution in [2.75, 3.05) is 0 Å². The first-order valence-electron chi connectivity index (χ1n) is 10.4. The predicted molar refractivity (Wildman–Crippen MR) is 141 cm³/mol. The molecule has 0 N–H and O–H groups in total. The molecule has 0 heterocycles. The first kappa shape index (κ1) is 34.5. The van der Waals surface area contributed by atoms with Gasteiger partial charge in [-0.05, 0) is 98.2 Å². The minimum Gasteiger partial charge on any atom is -0.437 e. The molecule has 0 aromatic rings. The van der Waals surface area contributed by atoms with Gasteiger partial charge in [0.25, 0.3) is 0 Å². The van der Waals surface area contributed by atoms with Crippen LogP contribution in [0, 0.1) is 0 Å². The van der Waals surface area contributed by atoms with Crippen molar-refractivity contribution < 1.29 is 57.4 Å². The molecule has 0 atom stereocenters. The molecule has 30 heavy (non-hydrogen) atoms. The van der Waals surface area contributed by atoms with Crippen molar-refractivity contribution in [2.45, 2.75) is 105 Å². The summed E-state index contributed by atoms with van der Waals surface area (Å²) in [7, 11) is -15.8. The summed E-state index contributed by atoms with van der Waals surface area (Å²) in [4.78, 5) is 0. The summed E-state index contributed by atoms with van der Waals surface area (Å²) >= 11 is 0. The molecule has 0 fully saturated rings. The Morgan fingerprint density at radius 2 is 0.467 bits per heavy atom. The summed E-state index contributed by atoms with van der Waals surface area (Å²) in [6, 6.07) is 0. The van der Waals surface area contributed by atoms with E-state index < -0.39 is 59.4 Å². The second-order valence-corrected chi connectivity index (χ2v) is 39.7. The van der Waals surface area contributed by atoms with Crippen LogP contribution in [0.5, 0.6) is 0 Å². The van der Waals surface area contributed by atoms with Gasteiger partial charge in [0.1, 0.15) is 0 Å². The molecule has 0 aliphatic heterocycles. The largest absolute Gasteiger partial charge is 0.470 e. The molecule has 0 aliphatic carbocycles. The van der Waals surface area contributed by atoms with E-state index >= 15 is 0 Å². The van der Waals surface area contributed by atoms with Crippen molar-refractivity contribution in [1.29, 1.82) is 0 Å². The van der Waals surface area contributed by atoms with Crippen LogP contribution < -0.4 is 0 Å². The third kappa shape index (κ3) is 17.8. The molecule has 0 amide bonds. The van der Waals surface area contributed by atoms with Crippen molar-refractivity contribution in [2.24, 2.45) is 0 Å². The molecule has 6 nitrogen and oxygen atoms in total. The van der Waals surface area contributed by atoms with E-state index in [9.17, 15) is 0 Å². The number of hydrogen-bond donors (Lipinski definition) is 0. The molecule has 14 heteroatoms. The molecule has 0 bridgehead atoms. The van der Waals surface area contributed by atoms with E-state index in [0.717, 1.165) is 0 Å². The van der Waals surface area contributed by atoms with E-state index in [1.807, 2.05) is 6.55 Å². The van der Waals surface area contributed by atoms with Gasteiger partial charge in [0.05, 0.1) is 0 Å². The molecule has 0 unspecified atom stereocenters. The summed E-state index contributed by atoms with van der Waals surface area (Å²) in [6.45, 7) is 34.2. The summed E-state index contributed by atoms with van der Waals surface area (Å²) in [5, 5.41) is 0. The monoisotopic (exact) mass is 621 g/mol. The molecule has 179 valence electrons. The molecule has 0 aromatic carbocycles. The summed E-state index contributed by atoms with van der Waals surface area (Å²) in [5.41, 5.74) is 0. The zero-order valence-electron chi connectivity index (χ0n) is 22.5. The molecule has 0 aromatic heterocycles. The van der Waals surface area contributed by atoms with Gasteiger partial charge in [0.2, 0.25) is 0 Å². The van der Waals surface area contributed by atoms with Crippen LogP contribution >= 0.6 is 0 Å². The zero-order chi connectivity index (χ0) is 23.7. The summed E-state index contributed by atoms with van der Waals surface area (Å²) in [6.07, 6.45) is 0. The van der Waals surface area contributed by atoms with Gasteiger partial charge in [-0.15, -0.1) is 0 Å². The van der Waals surface area contributed by atoms with Crippen LogP contribution in [0.15, 0.2) is 0 Å². The topological polar surface area (TPSA) is 55.4 Å². The van der Waals surface area contributed by atoms with Crippen molar-refractivity contribution in [3.8, 4) is 0 Å². The summed E-state index contributed by atoms with van der Waals surface area (Å²) in [5.74, 6) is 0. The van der Waals surface area contributed by atoms with Crippen LogP contribution in [0.2, 0.25) is 105 Å². The molecule has 1 radical (unpaired) electrons. The van der Waals surface area contributed by atoms with Gasteiger partial charge in [-0.1, -0.05) is 0 Å². The van der Waals surface area contributed by atoms with Crippen molar-refractivity contribution in [3.63, 3.8) is 0 Å².